The van der Waals surface area contributed by atoms with E-state index in [1.165, 1.54) is 38.6 Å². The van der Waals surface area contributed by atoms with E-state index in [1.807, 2.05) is 14.1 Å². The van der Waals surface area contributed by atoms with E-state index in [1.54, 1.807) is 4.90 Å². The van der Waals surface area contributed by atoms with E-state index in [0.29, 0.717) is 6.42 Å². The number of nitrogens with zero attached hydrogens (tertiary/aromatic N) is 2. The highest BCUT2D eigenvalue weighted by Gasteiger charge is 2.35. The Kier molecular flexibility index (Phi) is 5.85. The van der Waals surface area contributed by atoms with E-state index in [4.69, 9.17) is 0 Å². The third-order valence-corrected chi connectivity index (χ3v) is 4.81. The van der Waals surface area contributed by atoms with E-state index in [9.17, 15) is 4.79 Å². The number of carbonyl (C=O) groups excluding carboxylic acids is 1. The minimum atomic E-state index is 0.256. The number of hydrogen-bond donors (Lipinski definition) is 1. The van der Waals surface area contributed by atoms with Crippen LogP contribution in [0.3, 0.4) is 0 Å². The lowest BCUT2D eigenvalue weighted by atomic mass is 9.97. The second-order valence-corrected chi connectivity index (χ2v) is 6.69. The van der Waals surface area contributed by atoms with E-state index in [2.05, 4.69) is 17.1 Å². The number of nitrogens with one attached hydrogen (secondary N) is 1. The van der Waals surface area contributed by atoms with Crippen LogP contribution < -0.4 is 5.32 Å². The smallest absolute Gasteiger partial charge is 0.222 e. The Bertz CT molecular complexity index is 307. The third-order valence-electron chi connectivity index (χ3n) is 4.81. The summed E-state index contributed by atoms with van der Waals surface area (Å²) in [6.07, 6.45) is 8.22. The van der Waals surface area contributed by atoms with Crippen molar-refractivity contribution in [2.75, 3.05) is 27.2 Å². The maximum atomic E-state index is 11.7. The Hall–Kier alpha value is -0.610. The molecule has 0 spiro atoms. The highest BCUT2D eigenvalue weighted by Crippen LogP contribution is 2.30. The van der Waals surface area contributed by atoms with Gasteiger partial charge in [-0.2, -0.15) is 0 Å². The van der Waals surface area contributed by atoms with Gasteiger partial charge in [-0.1, -0.05) is 6.92 Å². The van der Waals surface area contributed by atoms with Gasteiger partial charge in [0, 0.05) is 38.6 Å². The Morgan fingerprint density at radius 3 is 2.35 bits per heavy atom. The first-order valence-corrected chi connectivity index (χ1v) is 8.30. The summed E-state index contributed by atoms with van der Waals surface area (Å²) < 4.78 is 0. The van der Waals surface area contributed by atoms with Gasteiger partial charge in [-0.3, -0.25) is 4.79 Å². The van der Waals surface area contributed by atoms with Crippen LogP contribution in [0.2, 0.25) is 0 Å². The van der Waals surface area contributed by atoms with Crippen LogP contribution in [-0.4, -0.2) is 61.0 Å². The molecule has 20 heavy (non-hydrogen) atoms. The van der Waals surface area contributed by atoms with Gasteiger partial charge in [-0.25, -0.2) is 0 Å². The lowest BCUT2D eigenvalue weighted by molar-refractivity contribution is -0.128. The van der Waals surface area contributed by atoms with Gasteiger partial charge in [0.05, 0.1) is 0 Å². The molecular formula is C16H31N3O. The van der Waals surface area contributed by atoms with Crippen molar-refractivity contribution in [3.05, 3.63) is 0 Å². The minimum absolute atomic E-state index is 0.256. The quantitative estimate of drug-likeness (QED) is 0.773. The first-order chi connectivity index (χ1) is 9.60. The van der Waals surface area contributed by atoms with Gasteiger partial charge in [-0.15, -0.1) is 0 Å². The van der Waals surface area contributed by atoms with E-state index < -0.39 is 0 Å². The van der Waals surface area contributed by atoms with Crippen LogP contribution >= 0.6 is 0 Å². The molecule has 2 fully saturated rings. The van der Waals surface area contributed by atoms with Crippen LogP contribution in [0.15, 0.2) is 0 Å². The molecule has 2 unspecified atom stereocenters. The normalized spacial score (nSPS) is 28.9. The van der Waals surface area contributed by atoms with Gasteiger partial charge in [0.15, 0.2) is 0 Å². The van der Waals surface area contributed by atoms with Crippen molar-refractivity contribution < 1.29 is 4.79 Å². The van der Waals surface area contributed by atoms with Crippen molar-refractivity contribution in [3.63, 3.8) is 0 Å². The lowest BCUT2D eigenvalue weighted by Crippen LogP contribution is -2.48. The second-order valence-electron chi connectivity index (χ2n) is 6.69. The summed E-state index contributed by atoms with van der Waals surface area (Å²) in [6, 6.07) is 2.24. The van der Waals surface area contributed by atoms with Gasteiger partial charge in [0.25, 0.3) is 0 Å². The highest BCUT2D eigenvalue weighted by atomic mass is 16.2. The Balaban J connectivity index is 1.79. The molecule has 4 nitrogen and oxygen atoms in total. The third kappa shape index (κ3) is 4.19. The molecule has 2 saturated heterocycles. The van der Waals surface area contributed by atoms with Crippen molar-refractivity contribution in [3.8, 4) is 0 Å². The molecule has 0 aliphatic carbocycles. The first kappa shape index (κ1) is 15.8. The highest BCUT2D eigenvalue weighted by molar-refractivity contribution is 5.75. The van der Waals surface area contributed by atoms with Gasteiger partial charge in [-0.05, 0) is 51.6 Å². The summed E-state index contributed by atoms with van der Waals surface area (Å²) in [5.74, 6) is 0.256. The molecule has 4 heteroatoms. The Morgan fingerprint density at radius 1 is 1.15 bits per heavy atom. The molecule has 2 bridgehead atoms. The molecule has 0 aromatic rings. The zero-order valence-corrected chi connectivity index (χ0v) is 13.4. The number of fused-ring (bicyclic) bond motifs is 2. The number of amides is 1. The molecular weight excluding hydrogens is 250 g/mol. The van der Waals surface area contributed by atoms with Gasteiger partial charge in [0.1, 0.15) is 0 Å². The molecule has 0 aromatic carbocycles. The molecule has 2 heterocycles. The van der Waals surface area contributed by atoms with Crippen LogP contribution in [0.5, 0.6) is 0 Å². The van der Waals surface area contributed by atoms with Crippen molar-refractivity contribution in [2.45, 2.75) is 70.0 Å². The topological polar surface area (TPSA) is 35.6 Å². The standard InChI is InChI=1S/C16H31N3O/c1-4-9-19(10-5-6-16(20)18(2)3)15-11-13-7-8-14(12-15)17-13/h13-15,17H,4-12H2,1-3H3. The fourth-order valence-corrected chi connectivity index (χ4v) is 3.75. The summed E-state index contributed by atoms with van der Waals surface area (Å²) in [5.41, 5.74) is 0. The molecule has 0 radical (unpaired) electrons. The van der Waals surface area contributed by atoms with Crippen LogP contribution in [0.4, 0.5) is 0 Å². The van der Waals surface area contributed by atoms with E-state index in [0.717, 1.165) is 31.1 Å². The number of carbonyl (C=O) groups is 1. The fourth-order valence-electron chi connectivity index (χ4n) is 3.75. The van der Waals surface area contributed by atoms with Crippen molar-refractivity contribution in [1.82, 2.24) is 15.1 Å². The lowest BCUT2D eigenvalue weighted by Gasteiger charge is -2.37. The fraction of sp³-hybridized carbons (Fsp3) is 0.938. The molecule has 0 saturated carbocycles. The van der Waals surface area contributed by atoms with Crippen LogP contribution in [0, 0.1) is 0 Å². The zero-order chi connectivity index (χ0) is 14.5. The average molecular weight is 281 g/mol. The first-order valence-electron chi connectivity index (χ1n) is 8.30. The predicted octanol–water partition coefficient (Wildman–Crippen LogP) is 1.85. The molecule has 0 aromatic heterocycles. The number of hydrogen-bond acceptors (Lipinski definition) is 3. The zero-order valence-electron chi connectivity index (χ0n) is 13.4. The van der Waals surface area contributed by atoms with Gasteiger partial charge in [0.2, 0.25) is 5.91 Å². The van der Waals surface area contributed by atoms with Crippen molar-refractivity contribution in [2.24, 2.45) is 0 Å². The second kappa shape index (κ2) is 7.41. The van der Waals surface area contributed by atoms with Gasteiger partial charge < -0.3 is 15.1 Å². The molecule has 116 valence electrons. The molecule has 2 aliphatic rings. The molecule has 2 rings (SSSR count). The van der Waals surface area contributed by atoms with Crippen molar-refractivity contribution in [1.29, 1.82) is 0 Å². The summed E-state index contributed by atoms with van der Waals surface area (Å²) in [7, 11) is 3.69. The van der Waals surface area contributed by atoms with Gasteiger partial charge >= 0.3 is 0 Å². The number of rotatable bonds is 7. The van der Waals surface area contributed by atoms with E-state index in [-0.39, 0.29) is 5.91 Å². The maximum absolute atomic E-state index is 11.7. The minimum Gasteiger partial charge on any atom is -0.349 e. The van der Waals surface area contributed by atoms with Crippen molar-refractivity contribution >= 4 is 5.91 Å². The Labute approximate surface area is 123 Å². The van der Waals surface area contributed by atoms with E-state index >= 15 is 0 Å². The molecule has 2 atom stereocenters. The maximum Gasteiger partial charge on any atom is 0.222 e. The molecule has 1 N–H and O–H groups in total. The van der Waals surface area contributed by atoms with Crippen LogP contribution in [-0.2, 0) is 4.79 Å². The molecule has 2 aliphatic heterocycles. The number of piperidine rings is 1. The molecule has 1 amide bonds. The largest absolute Gasteiger partial charge is 0.349 e. The SMILES string of the molecule is CCCN(CCCC(=O)N(C)C)C1CC2CCC(C1)N2. The Morgan fingerprint density at radius 2 is 1.80 bits per heavy atom. The summed E-state index contributed by atoms with van der Waals surface area (Å²) in [6.45, 7) is 4.52. The monoisotopic (exact) mass is 281 g/mol. The average Bonchev–Trinajstić information content (AvgIpc) is 2.76. The summed E-state index contributed by atoms with van der Waals surface area (Å²) in [5, 5.41) is 3.72. The van der Waals surface area contributed by atoms with Crippen LogP contribution in [0.25, 0.3) is 0 Å². The van der Waals surface area contributed by atoms with Crippen LogP contribution in [0.1, 0.15) is 51.9 Å². The predicted molar refractivity (Wildman–Crippen MR) is 82.8 cm³/mol. The summed E-state index contributed by atoms with van der Waals surface area (Å²) >= 11 is 0. The summed E-state index contributed by atoms with van der Waals surface area (Å²) in [4.78, 5) is 16.0.